The van der Waals surface area contributed by atoms with Gasteiger partial charge in [0.1, 0.15) is 0 Å². The predicted molar refractivity (Wildman–Crippen MR) is 95.6 cm³/mol. The van der Waals surface area contributed by atoms with E-state index in [4.69, 9.17) is 23.1 Å². The maximum absolute atomic E-state index is 6.00. The molecule has 0 saturated carbocycles. The first kappa shape index (κ1) is 18.6. The minimum absolute atomic E-state index is 0. The second-order valence-corrected chi connectivity index (χ2v) is 5.90. The van der Waals surface area contributed by atoms with E-state index in [0.29, 0.717) is 23.4 Å². The molecule has 1 saturated heterocycles. The maximum atomic E-state index is 6.00. The van der Waals surface area contributed by atoms with Gasteiger partial charge in [0.15, 0.2) is 5.96 Å². The molecule has 0 spiro atoms. The first-order valence-corrected chi connectivity index (χ1v) is 7.56. The molecule has 1 atom stereocenters. The summed E-state index contributed by atoms with van der Waals surface area (Å²) in [6.07, 6.45) is 2.38. The van der Waals surface area contributed by atoms with Crippen LogP contribution in [0.15, 0.2) is 34.3 Å². The summed E-state index contributed by atoms with van der Waals surface area (Å²) >= 11 is 5.84. The Morgan fingerprint density at radius 2 is 2.00 bits per heavy atom. The molecule has 0 aliphatic carbocycles. The summed E-state index contributed by atoms with van der Waals surface area (Å²) in [5.41, 5.74) is 12.9. The van der Waals surface area contributed by atoms with E-state index in [-0.39, 0.29) is 18.4 Å². The number of piperidine rings is 1. The third-order valence-corrected chi connectivity index (χ3v) is 3.80. The standard InChI is InChI=1S/C15H22ClN5.ClH/c1-11-3-2-8-21(10-11)15(18)20-14(17)19-9-12-4-6-13(16)7-5-12;/h4-7,11H,2-3,8-10H2,1H3,(H4,17,18,19,20);1H. The van der Waals surface area contributed by atoms with Gasteiger partial charge < -0.3 is 16.4 Å². The third-order valence-electron chi connectivity index (χ3n) is 3.55. The Labute approximate surface area is 142 Å². The van der Waals surface area contributed by atoms with Gasteiger partial charge in [0.25, 0.3) is 0 Å². The Bertz CT molecular complexity index is 527. The molecule has 0 aromatic heterocycles. The molecule has 1 aliphatic heterocycles. The fraction of sp³-hybridized carbons (Fsp3) is 0.467. The van der Waals surface area contributed by atoms with Crippen molar-refractivity contribution in [3.8, 4) is 0 Å². The number of nitrogens with zero attached hydrogens (tertiary/aromatic N) is 3. The zero-order chi connectivity index (χ0) is 15.2. The third kappa shape index (κ3) is 5.73. The molecule has 0 bridgehead atoms. The van der Waals surface area contributed by atoms with Crippen molar-refractivity contribution in [3.63, 3.8) is 0 Å². The van der Waals surface area contributed by atoms with Crippen LogP contribution in [0, 0.1) is 5.92 Å². The van der Waals surface area contributed by atoms with E-state index in [9.17, 15) is 0 Å². The van der Waals surface area contributed by atoms with Gasteiger partial charge >= 0.3 is 0 Å². The molecule has 1 unspecified atom stereocenters. The number of hydrogen-bond donors (Lipinski definition) is 2. The number of guanidine groups is 2. The molecule has 1 aromatic carbocycles. The minimum atomic E-state index is 0. The molecule has 5 nitrogen and oxygen atoms in total. The van der Waals surface area contributed by atoms with Crippen LogP contribution in [0.25, 0.3) is 0 Å². The zero-order valence-electron chi connectivity index (χ0n) is 12.7. The van der Waals surface area contributed by atoms with E-state index in [1.807, 2.05) is 24.3 Å². The zero-order valence-corrected chi connectivity index (χ0v) is 14.3. The lowest BCUT2D eigenvalue weighted by Gasteiger charge is -2.31. The lowest BCUT2D eigenvalue weighted by molar-refractivity contribution is 0.271. The largest absolute Gasteiger partial charge is 0.369 e. The summed E-state index contributed by atoms with van der Waals surface area (Å²) in [4.78, 5) is 10.5. The van der Waals surface area contributed by atoms with Crippen molar-refractivity contribution in [3.05, 3.63) is 34.9 Å². The molecule has 1 fully saturated rings. The molecule has 1 aliphatic rings. The van der Waals surface area contributed by atoms with Crippen LogP contribution in [0.5, 0.6) is 0 Å². The fourth-order valence-electron chi connectivity index (χ4n) is 2.38. The molecule has 22 heavy (non-hydrogen) atoms. The highest BCUT2D eigenvalue weighted by molar-refractivity contribution is 6.30. The van der Waals surface area contributed by atoms with E-state index in [1.165, 1.54) is 6.42 Å². The van der Waals surface area contributed by atoms with Crippen LogP contribution in [-0.2, 0) is 6.54 Å². The molecule has 1 aromatic rings. The Morgan fingerprint density at radius 3 is 2.64 bits per heavy atom. The quantitative estimate of drug-likeness (QED) is 0.639. The van der Waals surface area contributed by atoms with E-state index < -0.39 is 0 Å². The molecule has 7 heteroatoms. The molecular formula is C15H23Cl2N5. The number of halogens is 2. The highest BCUT2D eigenvalue weighted by atomic mass is 35.5. The Hall–Kier alpha value is -1.46. The Balaban J connectivity index is 0.00000242. The predicted octanol–water partition coefficient (Wildman–Crippen LogP) is 2.62. The van der Waals surface area contributed by atoms with Crippen LogP contribution >= 0.6 is 24.0 Å². The van der Waals surface area contributed by atoms with E-state index in [1.54, 1.807) is 0 Å². The lowest BCUT2D eigenvalue weighted by atomic mass is 10.0. The molecular weight excluding hydrogens is 321 g/mol. The van der Waals surface area contributed by atoms with Crippen molar-refractivity contribution in [1.82, 2.24) is 4.90 Å². The summed E-state index contributed by atoms with van der Waals surface area (Å²) in [6.45, 7) is 4.55. The lowest BCUT2D eigenvalue weighted by Crippen LogP contribution is -2.44. The summed E-state index contributed by atoms with van der Waals surface area (Å²) in [7, 11) is 0. The highest BCUT2D eigenvalue weighted by Gasteiger charge is 2.17. The Morgan fingerprint density at radius 1 is 1.32 bits per heavy atom. The number of aliphatic imine (C=N–C) groups is 2. The van der Waals surface area contributed by atoms with Gasteiger partial charge in [-0.05, 0) is 36.5 Å². The first-order valence-electron chi connectivity index (χ1n) is 7.18. The Kier molecular flexibility index (Phi) is 7.48. The molecule has 2 rings (SSSR count). The van der Waals surface area contributed by atoms with Gasteiger partial charge in [0.2, 0.25) is 5.96 Å². The number of likely N-dealkylation sites (tertiary alicyclic amines) is 1. The summed E-state index contributed by atoms with van der Waals surface area (Å²) in [5.74, 6) is 1.30. The minimum Gasteiger partial charge on any atom is -0.369 e. The van der Waals surface area contributed by atoms with Crippen LogP contribution < -0.4 is 11.5 Å². The van der Waals surface area contributed by atoms with Gasteiger partial charge in [0, 0.05) is 18.1 Å². The van der Waals surface area contributed by atoms with Crippen LogP contribution in [0.2, 0.25) is 5.02 Å². The van der Waals surface area contributed by atoms with Crippen molar-refractivity contribution in [2.24, 2.45) is 27.4 Å². The SMILES string of the molecule is CC1CCCN(C(N)=NC(N)=NCc2ccc(Cl)cc2)C1.Cl. The average Bonchev–Trinajstić information content (AvgIpc) is 2.46. The summed E-state index contributed by atoms with van der Waals surface area (Å²) in [5, 5.41) is 0.706. The second kappa shape index (κ2) is 8.86. The van der Waals surface area contributed by atoms with Crippen molar-refractivity contribution >= 4 is 35.9 Å². The van der Waals surface area contributed by atoms with E-state index in [2.05, 4.69) is 21.8 Å². The molecule has 0 amide bonds. The topological polar surface area (TPSA) is 80.0 Å². The number of hydrogen-bond acceptors (Lipinski definition) is 1. The second-order valence-electron chi connectivity index (χ2n) is 5.46. The van der Waals surface area contributed by atoms with Gasteiger partial charge in [-0.15, -0.1) is 12.4 Å². The van der Waals surface area contributed by atoms with Gasteiger partial charge in [0.05, 0.1) is 6.54 Å². The van der Waals surface area contributed by atoms with Crippen LogP contribution in [-0.4, -0.2) is 29.9 Å². The van der Waals surface area contributed by atoms with Crippen molar-refractivity contribution in [2.75, 3.05) is 13.1 Å². The van der Waals surface area contributed by atoms with Crippen LogP contribution in [0.1, 0.15) is 25.3 Å². The average molecular weight is 344 g/mol. The van der Waals surface area contributed by atoms with Gasteiger partial charge in [-0.25, -0.2) is 4.99 Å². The summed E-state index contributed by atoms with van der Waals surface area (Å²) in [6, 6.07) is 7.49. The van der Waals surface area contributed by atoms with Gasteiger partial charge in [-0.1, -0.05) is 30.7 Å². The van der Waals surface area contributed by atoms with Crippen LogP contribution in [0.3, 0.4) is 0 Å². The number of rotatable bonds is 2. The van der Waals surface area contributed by atoms with E-state index >= 15 is 0 Å². The number of benzene rings is 1. The molecule has 0 radical (unpaired) electrons. The first-order chi connectivity index (χ1) is 10.0. The molecule has 1 heterocycles. The smallest absolute Gasteiger partial charge is 0.218 e. The van der Waals surface area contributed by atoms with Gasteiger partial charge in [-0.3, -0.25) is 0 Å². The van der Waals surface area contributed by atoms with Crippen molar-refractivity contribution in [2.45, 2.75) is 26.3 Å². The molecule has 4 N–H and O–H groups in total. The normalized spacial score (nSPS) is 19.7. The van der Waals surface area contributed by atoms with E-state index in [0.717, 1.165) is 25.1 Å². The molecule has 122 valence electrons. The fourth-order valence-corrected chi connectivity index (χ4v) is 2.51. The highest BCUT2D eigenvalue weighted by Crippen LogP contribution is 2.15. The van der Waals surface area contributed by atoms with Crippen molar-refractivity contribution in [1.29, 1.82) is 0 Å². The monoisotopic (exact) mass is 343 g/mol. The maximum Gasteiger partial charge on any atom is 0.218 e. The van der Waals surface area contributed by atoms with Crippen LogP contribution in [0.4, 0.5) is 0 Å². The number of nitrogens with two attached hydrogens (primary N) is 2. The van der Waals surface area contributed by atoms with Gasteiger partial charge in [-0.2, -0.15) is 4.99 Å². The summed E-state index contributed by atoms with van der Waals surface area (Å²) < 4.78 is 0. The van der Waals surface area contributed by atoms with Crippen molar-refractivity contribution < 1.29 is 0 Å².